The van der Waals surface area contributed by atoms with Crippen molar-refractivity contribution in [3.8, 4) is 0 Å². The fraction of sp³-hybridized carbons (Fsp3) is 0.333. The first-order valence-corrected chi connectivity index (χ1v) is 8.16. The summed E-state index contributed by atoms with van der Waals surface area (Å²) >= 11 is 4.60. The van der Waals surface area contributed by atoms with Crippen molar-refractivity contribution in [2.75, 3.05) is 6.54 Å². The number of benzene rings is 1. The molecule has 0 radical (unpaired) electrons. The van der Waals surface area contributed by atoms with Crippen molar-refractivity contribution in [2.24, 2.45) is 0 Å². The standard InChI is InChI=1S/C15H15BrF3NS/c1-3-20-13(14-9(2)6-7-21-14)11-5-4-10(16)8-12(11)15(17,18)19/h4-8,13,20H,3H2,1-2H3. The van der Waals surface area contributed by atoms with E-state index in [1.807, 2.05) is 25.3 Å². The van der Waals surface area contributed by atoms with Crippen molar-refractivity contribution in [3.63, 3.8) is 0 Å². The normalized spacial score (nSPS) is 13.4. The van der Waals surface area contributed by atoms with Crippen LogP contribution in [0.25, 0.3) is 0 Å². The Morgan fingerprint density at radius 1 is 1.29 bits per heavy atom. The van der Waals surface area contributed by atoms with Crippen LogP contribution in [0.15, 0.2) is 34.1 Å². The summed E-state index contributed by atoms with van der Waals surface area (Å²) in [6.07, 6.45) is -4.38. The van der Waals surface area contributed by atoms with Crippen molar-refractivity contribution in [1.29, 1.82) is 0 Å². The van der Waals surface area contributed by atoms with Crippen LogP contribution in [-0.2, 0) is 6.18 Å². The van der Waals surface area contributed by atoms with E-state index >= 15 is 0 Å². The maximum Gasteiger partial charge on any atom is 0.416 e. The van der Waals surface area contributed by atoms with Gasteiger partial charge in [0.15, 0.2) is 0 Å². The molecule has 0 saturated carbocycles. The van der Waals surface area contributed by atoms with E-state index < -0.39 is 17.8 Å². The molecule has 0 bridgehead atoms. The van der Waals surface area contributed by atoms with E-state index in [-0.39, 0.29) is 5.56 Å². The van der Waals surface area contributed by atoms with Crippen LogP contribution in [0.2, 0.25) is 0 Å². The Balaban J connectivity index is 2.58. The lowest BCUT2D eigenvalue weighted by atomic mass is 9.97. The summed E-state index contributed by atoms with van der Waals surface area (Å²) in [5, 5.41) is 5.07. The predicted molar refractivity (Wildman–Crippen MR) is 83.7 cm³/mol. The number of alkyl halides is 3. The average molecular weight is 378 g/mol. The van der Waals surface area contributed by atoms with Gasteiger partial charge in [0.25, 0.3) is 0 Å². The molecule has 2 aromatic rings. The summed E-state index contributed by atoms with van der Waals surface area (Å²) in [7, 11) is 0. The van der Waals surface area contributed by atoms with Crippen LogP contribution in [0.5, 0.6) is 0 Å². The van der Waals surface area contributed by atoms with Crippen LogP contribution in [0, 0.1) is 6.92 Å². The smallest absolute Gasteiger partial charge is 0.306 e. The minimum Gasteiger partial charge on any atom is -0.306 e. The van der Waals surface area contributed by atoms with Crippen molar-refractivity contribution in [1.82, 2.24) is 5.32 Å². The molecule has 0 saturated heterocycles. The molecule has 6 heteroatoms. The first kappa shape index (κ1) is 16.5. The quantitative estimate of drug-likeness (QED) is 0.737. The summed E-state index contributed by atoms with van der Waals surface area (Å²) in [6.45, 7) is 4.40. The van der Waals surface area contributed by atoms with Crippen molar-refractivity contribution in [3.05, 3.63) is 55.7 Å². The number of nitrogens with one attached hydrogen (secondary N) is 1. The van der Waals surface area contributed by atoms with E-state index in [0.29, 0.717) is 11.0 Å². The zero-order valence-corrected chi connectivity index (χ0v) is 14.0. The number of aryl methyl sites for hydroxylation is 1. The van der Waals surface area contributed by atoms with Gasteiger partial charge >= 0.3 is 6.18 Å². The minimum atomic E-state index is -4.38. The first-order chi connectivity index (χ1) is 9.84. The minimum absolute atomic E-state index is 0.262. The maximum absolute atomic E-state index is 13.3. The van der Waals surface area contributed by atoms with Crippen molar-refractivity contribution in [2.45, 2.75) is 26.1 Å². The number of rotatable bonds is 4. The Kier molecular flexibility index (Phi) is 5.11. The van der Waals surface area contributed by atoms with Gasteiger partial charge in [-0.25, -0.2) is 0 Å². The summed E-state index contributed by atoms with van der Waals surface area (Å²) in [5.41, 5.74) is 0.663. The van der Waals surface area contributed by atoms with Crippen LogP contribution in [-0.4, -0.2) is 6.54 Å². The zero-order chi connectivity index (χ0) is 15.6. The molecule has 0 amide bonds. The van der Waals surface area contributed by atoms with E-state index in [1.54, 1.807) is 12.1 Å². The van der Waals surface area contributed by atoms with Crippen LogP contribution >= 0.6 is 27.3 Å². The van der Waals surface area contributed by atoms with Gasteiger partial charge in [0, 0.05) is 9.35 Å². The zero-order valence-electron chi connectivity index (χ0n) is 11.6. The third kappa shape index (κ3) is 3.67. The van der Waals surface area contributed by atoms with Gasteiger partial charge in [0.2, 0.25) is 0 Å². The molecule has 0 aliphatic heterocycles. The van der Waals surface area contributed by atoms with Crippen LogP contribution in [0.3, 0.4) is 0 Å². The molecule has 1 N–H and O–H groups in total. The largest absolute Gasteiger partial charge is 0.416 e. The van der Waals surface area contributed by atoms with Crippen molar-refractivity contribution >= 4 is 27.3 Å². The number of hydrogen-bond acceptors (Lipinski definition) is 2. The molecule has 2 rings (SSSR count). The Hall–Kier alpha value is -0.850. The van der Waals surface area contributed by atoms with Gasteiger partial charge < -0.3 is 5.32 Å². The van der Waals surface area contributed by atoms with E-state index in [9.17, 15) is 13.2 Å². The second kappa shape index (κ2) is 6.50. The predicted octanol–water partition coefficient (Wildman–Crippen LogP) is 5.54. The Morgan fingerprint density at radius 3 is 2.52 bits per heavy atom. The second-order valence-electron chi connectivity index (χ2n) is 4.69. The highest BCUT2D eigenvalue weighted by Crippen LogP contribution is 2.39. The molecule has 1 aromatic heterocycles. The number of thiophene rings is 1. The molecule has 1 nitrogen and oxygen atoms in total. The van der Waals surface area contributed by atoms with E-state index in [0.717, 1.165) is 16.5 Å². The topological polar surface area (TPSA) is 12.0 Å². The molecule has 1 unspecified atom stereocenters. The maximum atomic E-state index is 13.3. The third-order valence-electron chi connectivity index (χ3n) is 3.20. The Labute approximate surface area is 134 Å². The van der Waals surface area contributed by atoms with Crippen molar-refractivity contribution < 1.29 is 13.2 Å². The Morgan fingerprint density at radius 2 is 2.00 bits per heavy atom. The summed E-state index contributed by atoms with van der Waals surface area (Å²) < 4.78 is 40.4. The molecular formula is C15H15BrF3NS. The fourth-order valence-electron chi connectivity index (χ4n) is 2.25. The van der Waals surface area contributed by atoms with Crippen LogP contribution in [0.4, 0.5) is 13.2 Å². The van der Waals surface area contributed by atoms with Crippen LogP contribution in [0.1, 0.15) is 34.5 Å². The number of hydrogen-bond donors (Lipinski definition) is 1. The SMILES string of the molecule is CCNC(c1ccc(Br)cc1C(F)(F)F)c1sccc1C. The van der Waals surface area contributed by atoms with Crippen LogP contribution < -0.4 is 5.32 Å². The van der Waals surface area contributed by atoms with Gasteiger partial charge in [-0.2, -0.15) is 13.2 Å². The van der Waals surface area contributed by atoms with E-state index in [4.69, 9.17) is 0 Å². The fourth-order valence-corrected chi connectivity index (χ4v) is 3.63. The molecule has 0 spiro atoms. The number of halogens is 4. The highest BCUT2D eigenvalue weighted by Gasteiger charge is 2.36. The Bertz CT molecular complexity index is 622. The molecular weight excluding hydrogens is 363 g/mol. The monoisotopic (exact) mass is 377 g/mol. The summed E-state index contributed by atoms with van der Waals surface area (Å²) in [6, 6.07) is 5.82. The van der Waals surface area contributed by atoms with Gasteiger partial charge in [0.1, 0.15) is 0 Å². The second-order valence-corrected chi connectivity index (χ2v) is 6.55. The molecule has 0 fully saturated rings. The summed E-state index contributed by atoms with van der Waals surface area (Å²) in [5.74, 6) is 0. The van der Waals surface area contributed by atoms with Gasteiger partial charge in [0.05, 0.1) is 11.6 Å². The molecule has 0 aliphatic carbocycles. The lowest BCUT2D eigenvalue weighted by molar-refractivity contribution is -0.138. The van der Waals surface area contributed by atoms with Gasteiger partial charge in [-0.3, -0.25) is 0 Å². The third-order valence-corrected chi connectivity index (χ3v) is 4.78. The van der Waals surface area contributed by atoms with Gasteiger partial charge in [-0.1, -0.05) is 28.9 Å². The molecule has 1 aromatic carbocycles. The highest BCUT2D eigenvalue weighted by atomic mass is 79.9. The summed E-state index contributed by atoms with van der Waals surface area (Å²) in [4.78, 5) is 0.921. The molecule has 0 aliphatic rings. The highest BCUT2D eigenvalue weighted by molar-refractivity contribution is 9.10. The first-order valence-electron chi connectivity index (χ1n) is 6.48. The lowest BCUT2D eigenvalue weighted by Gasteiger charge is -2.23. The van der Waals surface area contributed by atoms with E-state index in [1.165, 1.54) is 11.3 Å². The molecule has 1 heterocycles. The molecule has 21 heavy (non-hydrogen) atoms. The molecule has 114 valence electrons. The van der Waals surface area contributed by atoms with Gasteiger partial charge in [-0.15, -0.1) is 11.3 Å². The molecule has 1 atom stereocenters. The van der Waals surface area contributed by atoms with Gasteiger partial charge in [-0.05, 0) is 48.2 Å². The lowest BCUT2D eigenvalue weighted by Crippen LogP contribution is -2.25. The average Bonchev–Trinajstić information content (AvgIpc) is 2.81. The van der Waals surface area contributed by atoms with E-state index in [2.05, 4.69) is 21.2 Å².